The molecular formula is C41H60F2N8O2SSn. The van der Waals surface area contributed by atoms with Crippen LogP contribution in [0.15, 0.2) is 58.5 Å². The number of rotatable bonds is 20. The Morgan fingerprint density at radius 1 is 0.618 bits per heavy atom. The van der Waals surface area contributed by atoms with Crippen molar-refractivity contribution >= 4 is 35.9 Å². The Labute approximate surface area is 335 Å². The fourth-order valence-corrected chi connectivity index (χ4v) is 20.9. The molecular weight excluding hydrogens is 825 g/mol. The van der Waals surface area contributed by atoms with E-state index in [1.165, 1.54) is 79.5 Å². The van der Waals surface area contributed by atoms with Gasteiger partial charge in [0.05, 0.1) is 17.7 Å². The van der Waals surface area contributed by atoms with Crippen LogP contribution in [0.5, 0.6) is 0 Å². The van der Waals surface area contributed by atoms with E-state index in [1.807, 2.05) is 39.2 Å². The van der Waals surface area contributed by atoms with E-state index < -0.39 is 18.4 Å². The van der Waals surface area contributed by atoms with Crippen molar-refractivity contribution < 1.29 is 18.3 Å². The largest absolute Gasteiger partial charge is 0.229 e. The molecule has 55 heavy (non-hydrogen) atoms. The van der Waals surface area contributed by atoms with E-state index in [0.29, 0.717) is 41.5 Å². The summed E-state index contributed by atoms with van der Waals surface area (Å²) < 4.78 is 44.4. The number of hydrogen-bond acceptors (Lipinski definition) is 11. The third kappa shape index (κ3) is 14.8. The minimum absolute atomic E-state index is 0.160. The van der Waals surface area contributed by atoms with Crippen molar-refractivity contribution in [3.63, 3.8) is 0 Å². The summed E-state index contributed by atoms with van der Waals surface area (Å²) in [6.45, 7) is 24.0. The van der Waals surface area contributed by atoms with E-state index in [2.05, 4.69) is 81.6 Å². The van der Waals surface area contributed by atoms with E-state index >= 15 is 0 Å². The average Bonchev–Trinajstić information content (AvgIpc) is 3.21. The number of aromatic nitrogens is 8. The molecule has 0 saturated carbocycles. The molecule has 0 atom stereocenters. The molecule has 0 N–H and O–H groups in total. The summed E-state index contributed by atoms with van der Waals surface area (Å²) in [4.78, 5) is 0. The summed E-state index contributed by atoms with van der Waals surface area (Å²) >= 11 is -0.897. The maximum Gasteiger partial charge on any atom is 0.229 e. The van der Waals surface area contributed by atoms with Crippen LogP contribution >= 0.6 is 11.8 Å². The van der Waals surface area contributed by atoms with Crippen molar-refractivity contribution in [2.24, 2.45) is 0 Å². The smallest absolute Gasteiger partial charge is 0.206 e. The molecule has 0 aliphatic heterocycles. The first kappa shape index (κ1) is 47.6. The Morgan fingerprint density at radius 2 is 1.04 bits per heavy atom. The zero-order valence-electron chi connectivity index (χ0n) is 34.1. The van der Waals surface area contributed by atoms with E-state index in [9.17, 15) is 8.78 Å². The Balaban J connectivity index is 0.000000286. The van der Waals surface area contributed by atoms with Gasteiger partial charge >= 0.3 is 120 Å². The van der Waals surface area contributed by atoms with E-state index in [4.69, 9.17) is 9.47 Å². The summed E-state index contributed by atoms with van der Waals surface area (Å²) in [5.74, 6) is 0.160. The molecule has 2 aromatic heterocycles. The minimum Gasteiger partial charge on any atom is -0.206 e. The van der Waals surface area contributed by atoms with Crippen LogP contribution in [-0.2, 0) is 22.3 Å². The predicted molar refractivity (Wildman–Crippen MR) is 223 cm³/mol. The number of halogens is 2. The van der Waals surface area contributed by atoms with Gasteiger partial charge in [0, 0.05) is 0 Å². The van der Waals surface area contributed by atoms with Crippen molar-refractivity contribution in [2.45, 2.75) is 118 Å². The summed E-state index contributed by atoms with van der Waals surface area (Å²) in [6, 6.07) is 9.77. The van der Waals surface area contributed by atoms with E-state index in [0.717, 1.165) is 17.7 Å². The predicted octanol–water partition coefficient (Wildman–Crippen LogP) is 10.9. The van der Waals surface area contributed by atoms with Crippen molar-refractivity contribution in [1.82, 2.24) is 40.8 Å². The Hall–Kier alpha value is -3.59. The van der Waals surface area contributed by atoms with Gasteiger partial charge in [-0.15, -0.1) is 40.8 Å². The second kappa shape index (κ2) is 26.3. The quantitative estimate of drug-likeness (QED) is 0.0479. The van der Waals surface area contributed by atoms with Crippen LogP contribution < -0.4 is 0 Å². The van der Waals surface area contributed by atoms with Crippen molar-refractivity contribution in [3.05, 3.63) is 81.9 Å². The van der Waals surface area contributed by atoms with Gasteiger partial charge in [-0.3, -0.25) is 0 Å². The normalized spacial score (nSPS) is 10.8. The Morgan fingerprint density at radius 3 is 1.40 bits per heavy atom. The summed E-state index contributed by atoms with van der Waals surface area (Å²) in [5, 5.41) is 31.6. The first-order valence-electron chi connectivity index (χ1n) is 19.5. The monoisotopic (exact) mass is 886 g/mol. The second-order valence-corrected chi connectivity index (χ2v) is 26.8. The summed E-state index contributed by atoms with van der Waals surface area (Å²) in [6.07, 6.45) is 11.3. The first-order chi connectivity index (χ1) is 26.6. The molecule has 0 saturated heterocycles. The molecule has 0 aliphatic rings. The topological polar surface area (TPSA) is 122 Å². The third-order valence-corrected chi connectivity index (χ3v) is 24.6. The van der Waals surface area contributed by atoms with Gasteiger partial charge in [-0.25, -0.2) is 8.78 Å². The molecule has 2 aromatic carbocycles. The van der Waals surface area contributed by atoms with Crippen molar-refractivity contribution in [3.8, 4) is 22.8 Å². The van der Waals surface area contributed by atoms with Gasteiger partial charge in [0.1, 0.15) is 11.6 Å². The maximum absolute atomic E-state index is 13.9. The molecule has 300 valence electrons. The number of ether oxygens (including phenoxy) is 2. The van der Waals surface area contributed by atoms with Gasteiger partial charge in [-0.2, -0.15) is 0 Å². The molecule has 0 spiro atoms. The van der Waals surface area contributed by atoms with Crippen molar-refractivity contribution in [2.75, 3.05) is 19.5 Å². The molecule has 0 amide bonds. The van der Waals surface area contributed by atoms with Gasteiger partial charge in [0.2, 0.25) is 22.6 Å². The minimum atomic E-state index is -2.24. The number of thioether (sulfide) groups is 1. The molecule has 14 heteroatoms. The zero-order chi connectivity index (χ0) is 40.6. The van der Waals surface area contributed by atoms with Gasteiger partial charge in [-0.1, -0.05) is 56.5 Å². The zero-order valence-corrected chi connectivity index (χ0v) is 37.8. The number of unbranched alkanes of at least 4 members (excludes halogenated alkanes) is 3. The molecule has 4 aromatic rings. The summed E-state index contributed by atoms with van der Waals surface area (Å²) in [5.41, 5.74) is 2.39. The standard InChI is InChI=1S/C14H15FN4O.C11H11FN4S.C4H7O.3C4H9.Sn/c1-4-10-7-6-8-11(15)12(10)14-18-16-13(17-19-14)9(3)20-5-2;1-3-7-5-4-6-8(12)9(7)10-13-15-11(17-2)16-14-10;1-3-5-4-2;3*1-3-4-2;/h6-8H,3-5H2,1-2H3;4-6H,3H2,1-2H3;1,4H2,2H3;3*1,3-4H2,2H3;. The molecule has 0 unspecified atom stereocenters. The maximum atomic E-state index is 13.9. The van der Waals surface area contributed by atoms with Crippen LogP contribution in [0.25, 0.3) is 28.5 Å². The Kier molecular flexibility index (Phi) is 22.7. The molecule has 0 radical (unpaired) electrons. The van der Waals surface area contributed by atoms with Crippen LogP contribution in [0.4, 0.5) is 8.78 Å². The average molecular weight is 886 g/mol. The molecule has 2 heterocycles. The van der Waals surface area contributed by atoms with Crippen LogP contribution in [0.1, 0.15) is 104 Å². The van der Waals surface area contributed by atoms with E-state index in [-0.39, 0.29) is 29.1 Å². The molecule has 0 aliphatic carbocycles. The van der Waals surface area contributed by atoms with Gasteiger partial charge in [0.25, 0.3) is 0 Å². The van der Waals surface area contributed by atoms with Crippen LogP contribution in [0, 0.1) is 11.6 Å². The fourth-order valence-electron chi connectivity index (χ4n) is 5.98. The van der Waals surface area contributed by atoms with Gasteiger partial charge in [-0.05, 0) is 49.3 Å². The second-order valence-electron chi connectivity index (χ2n) is 12.8. The fraction of sp³-hybridized carbons (Fsp3) is 0.512. The van der Waals surface area contributed by atoms with Crippen LogP contribution in [0.2, 0.25) is 13.3 Å². The number of aryl methyl sites for hydroxylation is 2. The summed E-state index contributed by atoms with van der Waals surface area (Å²) in [7, 11) is 0. The molecule has 0 bridgehead atoms. The molecule has 0 fully saturated rings. The number of hydrogen-bond donors (Lipinski definition) is 0. The van der Waals surface area contributed by atoms with Gasteiger partial charge < -0.3 is 4.74 Å². The number of nitrogens with zero attached hydrogens (tertiary/aromatic N) is 8. The Bertz CT molecular complexity index is 1710. The number of benzene rings is 2. The van der Waals surface area contributed by atoms with E-state index in [1.54, 1.807) is 12.1 Å². The third-order valence-electron chi connectivity index (χ3n) is 9.04. The van der Waals surface area contributed by atoms with Crippen LogP contribution in [-0.4, -0.2) is 78.6 Å². The van der Waals surface area contributed by atoms with Crippen LogP contribution in [0.3, 0.4) is 0 Å². The SMILES string of the molecule is C=C(OCC)c1nnc(-c2c(F)cccc2CC)nn1.C=[C](OCC)[Sn]([CH2]CCC)([CH2]CCC)[CH2]CCC.CCc1cccc(F)c1-c1nnc(SC)nn1. The van der Waals surface area contributed by atoms with Gasteiger partial charge in [0.15, 0.2) is 5.76 Å². The molecule has 10 nitrogen and oxygen atoms in total. The first-order valence-corrected chi connectivity index (χ1v) is 28.2. The molecule has 4 rings (SSSR count). The van der Waals surface area contributed by atoms with Crippen molar-refractivity contribution in [1.29, 1.82) is 0 Å².